The number of carbonyl (C=O) groups is 3. The van der Waals surface area contributed by atoms with Gasteiger partial charge in [0.25, 0.3) is 0 Å². The molecule has 1 aromatic rings. The van der Waals surface area contributed by atoms with Crippen molar-refractivity contribution in [1.29, 1.82) is 0 Å². The second-order valence-corrected chi connectivity index (χ2v) is 7.38. The van der Waals surface area contributed by atoms with Gasteiger partial charge >= 0.3 is 6.09 Å². The maximum atomic E-state index is 12.3. The SMILES string of the molecule is Cc1cccc(C)c1NC(=O)CN(C)C(=O)C(C)NC(=O)OC(C)(C)C. The van der Waals surface area contributed by atoms with Gasteiger partial charge in [-0.25, -0.2) is 4.79 Å². The zero-order valence-corrected chi connectivity index (χ0v) is 16.6. The van der Waals surface area contributed by atoms with Crippen LogP contribution in [0.3, 0.4) is 0 Å². The van der Waals surface area contributed by atoms with Crippen molar-refractivity contribution >= 4 is 23.6 Å². The Bertz CT molecular complexity index is 660. The minimum Gasteiger partial charge on any atom is -0.444 e. The second-order valence-electron chi connectivity index (χ2n) is 7.38. The summed E-state index contributed by atoms with van der Waals surface area (Å²) in [5, 5.41) is 5.30. The fraction of sp³-hybridized carbons (Fsp3) is 0.526. The maximum absolute atomic E-state index is 12.3. The molecule has 0 spiro atoms. The molecule has 144 valence electrons. The van der Waals surface area contributed by atoms with E-state index in [0.29, 0.717) is 0 Å². The molecule has 2 N–H and O–H groups in total. The number of nitrogens with one attached hydrogen (secondary N) is 2. The highest BCUT2D eigenvalue weighted by atomic mass is 16.6. The minimum absolute atomic E-state index is 0.118. The van der Waals surface area contributed by atoms with E-state index in [1.165, 1.54) is 11.9 Å². The molecule has 0 heterocycles. The standard InChI is InChI=1S/C19H29N3O4/c1-12-9-8-10-13(2)16(12)21-15(23)11-22(7)17(24)14(3)20-18(25)26-19(4,5)6/h8-10,14H,11H2,1-7H3,(H,20,25)(H,21,23). The first-order valence-electron chi connectivity index (χ1n) is 8.51. The van der Waals surface area contributed by atoms with Crippen LogP contribution in [-0.2, 0) is 14.3 Å². The van der Waals surface area contributed by atoms with Crippen molar-refractivity contribution in [3.05, 3.63) is 29.3 Å². The molecule has 3 amide bonds. The van der Waals surface area contributed by atoms with Gasteiger partial charge in [-0.3, -0.25) is 9.59 Å². The van der Waals surface area contributed by atoms with Crippen LogP contribution in [0, 0.1) is 13.8 Å². The van der Waals surface area contributed by atoms with Crippen LogP contribution in [0.15, 0.2) is 18.2 Å². The summed E-state index contributed by atoms with van der Waals surface area (Å²) in [7, 11) is 1.51. The third-order valence-corrected chi connectivity index (χ3v) is 3.61. The Hall–Kier alpha value is -2.57. The van der Waals surface area contributed by atoms with Crippen molar-refractivity contribution in [2.75, 3.05) is 18.9 Å². The third-order valence-electron chi connectivity index (χ3n) is 3.61. The van der Waals surface area contributed by atoms with Crippen molar-refractivity contribution in [1.82, 2.24) is 10.2 Å². The van der Waals surface area contributed by atoms with Crippen LogP contribution in [0.2, 0.25) is 0 Å². The average molecular weight is 363 g/mol. The second kappa shape index (κ2) is 8.69. The van der Waals surface area contributed by atoms with Gasteiger partial charge in [-0.2, -0.15) is 0 Å². The number of carbonyl (C=O) groups excluding carboxylic acids is 3. The first kappa shape index (κ1) is 21.5. The van der Waals surface area contributed by atoms with Crippen LogP contribution >= 0.6 is 0 Å². The molecular weight excluding hydrogens is 334 g/mol. The summed E-state index contributed by atoms with van der Waals surface area (Å²) in [5.41, 5.74) is 2.00. The molecule has 7 heteroatoms. The fourth-order valence-corrected chi connectivity index (χ4v) is 2.36. The molecule has 1 rings (SSSR count). The van der Waals surface area contributed by atoms with Crippen LogP contribution in [-0.4, -0.2) is 48.0 Å². The summed E-state index contributed by atoms with van der Waals surface area (Å²) in [6.07, 6.45) is -0.674. The summed E-state index contributed by atoms with van der Waals surface area (Å²) in [5.74, 6) is -0.685. The lowest BCUT2D eigenvalue weighted by Crippen LogP contribution is -2.48. The van der Waals surface area contributed by atoms with E-state index in [4.69, 9.17) is 4.74 Å². The lowest BCUT2D eigenvalue weighted by atomic mass is 10.1. The van der Waals surface area contributed by atoms with Gasteiger partial charge in [0.2, 0.25) is 11.8 Å². The highest BCUT2D eigenvalue weighted by molar-refractivity contribution is 5.96. The van der Waals surface area contributed by atoms with E-state index in [0.717, 1.165) is 16.8 Å². The summed E-state index contributed by atoms with van der Waals surface area (Å²) in [4.78, 5) is 37.6. The molecular formula is C19H29N3O4. The Labute approximate surface area is 155 Å². The molecule has 1 atom stereocenters. The number of likely N-dealkylation sites (N-methyl/N-ethyl adjacent to an activating group) is 1. The maximum Gasteiger partial charge on any atom is 0.408 e. The number of anilines is 1. The molecule has 0 saturated heterocycles. The highest BCUT2D eigenvalue weighted by Crippen LogP contribution is 2.19. The first-order chi connectivity index (χ1) is 11.9. The lowest BCUT2D eigenvalue weighted by Gasteiger charge is -2.24. The smallest absolute Gasteiger partial charge is 0.408 e. The predicted octanol–water partition coefficient (Wildman–Crippen LogP) is 2.61. The van der Waals surface area contributed by atoms with Crippen molar-refractivity contribution in [2.24, 2.45) is 0 Å². The third kappa shape index (κ3) is 6.74. The topological polar surface area (TPSA) is 87.7 Å². The minimum atomic E-state index is -0.803. The fourth-order valence-electron chi connectivity index (χ4n) is 2.36. The molecule has 26 heavy (non-hydrogen) atoms. The monoisotopic (exact) mass is 363 g/mol. The van der Waals surface area contributed by atoms with Crippen molar-refractivity contribution in [3.8, 4) is 0 Å². The van der Waals surface area contributed by atoms with E-state index in [9.17, 15) is 14.4 Å². The number of nitrogens with zero attached hydrogens (tertiary/aromatic N) is 1. The number of aryl methyl sites for hydroxylation is 2. The van der Waals surface area contributed by atoms with Gasteiger partial charge < -0.3 is 20.3 Å². The van der Waals surface area contributed by atoms with Crippen LogP contribution in [0.25, 0.3) is 0 Å². The Morgan fingerprint density at radius 1 is 1.15 bits per heavy atom. The molecule has 1 aromatic carbocycles. The van der Waals surface area contributed by atoms with Crippen LogP contribution in [0.1, 0.15) is 38.8 Å². The molecule has 0 aliphatic carbocycles. The number of amides is 3. The summed E-state index contributed by atoms with van der Waals surface area (Å²) < 4.78 is 5.12. The van der Waals surface area contributed by atoms with Gasteiger partial charge in [-0.1, -0.05) is 18.2 Å². The zero-order valence-electron chi connectivity index (χ0n) is 16.6. The lowest BCUT2D eigenvalue weighted by molar-refractivity contribution is -0.134. The van der Waals surface area contributed by atoms with Crippen LogP contribution < -0.4 is 10.6 Å². The molecule has 0 bridgehead atoms. The predicted molar refractivity (Wildman–Crippen MR) is 101 cm³/mol. The van der Waals surface area contributed by atoms with E-state index < -0.39 is 17.7 Å². The first-order valence-corrected chi connectivity index (χ1v) is 8.51. The van der Waals surface area contributed by atoms with Gasteiger partial charge in [-0.05, 0) is 52.7 Å². The van der Waals surface area contributed by atoms with E-state index in [1.807, 2.05) is 32.0 Å². The molecule has 7 nitrogen and oxygen atoms in total. The average Bonchev–Trinajstić information content (AvgIpc) is 2.48. The van der Waals surface area contributed by atoms with Crippen molar-refractivity contribution in [3.63, 3.8) is 0 Å². The Morgan fingerprint density at radius 2 is 1.69 bits per heavy atom. The van der Waals surface area contributed by atoms with Crippen LogP contribution in [0.5, 0.6) is 0 Å². The molecule has 0 radical (unpaired) electrons. The summed E-state index contributed by atoms with van der Waals surface area (Å²) in [6, 6.07) is 4.93. The number of para-hydroxylation sites is 1. The van der Waals surface area contributed by atoms with E-state index in [-0.39, 0.29) is 18.4 Å². The summed E-state index contributed by atoms with van der Waals surface area (Å²) in [6.45, 7) is 10.5. The molecule has 1 unspecified atom stereocenters. The van der Waals surface area contributed by atoms with E-state index in [2.05, 4.69) is 10.6 Å². The van der Waals surface area contributed by atoms with Gasteiger partial charge in [0.1, 0.15) is 11.6 Å². The van der Waals surface area contributed by atoms with Gasteiger partial charge in [0, 0.05) is 12.7 Å². The van der Waals surface area contributed by atoms with Crippen LogP contribution in [0.4, 0.5) is 10.5 Å². The van der Waals surface area contributed by atoms with Gasteiger partial charge in [0.15, 0.2) is 0 Å². The zero-order chi connectivity index (χ0) is 20.1. The van der Waals surface area contributed by atoms with Crippen molar-refractivity contribution in [2.45, 2.75) is 53.2 Å². The molecule has 0 aliphatic rings. The van der Waals surface area contributed by atoms with Crippen molar-refractivity contribution < 1.29 is 19.1 Å². The van der Waals surface area contributed by atoms with E-state index in [1.54, 1.807) is 27.7 Å². The number of hydrogen-bond acceptors (Lipinski definition) is 4. The normalized spacial score (nSPS) is 12.1. The van der Waals surface area contributed by atoms with E-state index >= 15 is 0 Å². The van der Waals surface area contributed by atoms with Gasteiger partial charge in [0.05, 0.1) is 6.54 Å². The number of rotatable bonds is 5. The molecule has 0 aromatic heterocycles. The Morgan fingerprint density at radius 3 is 2.19 bits per heavy atom. The number of alkyl carbamates (subject to hydrolysis) is 1. The largest absolute Gasteiger partial charge is 0.444 e. The Balaban J connectivity index is 2.60. The molecule has 0 fully saturated rings. The highest BCUT2D eigenvalue weighted by Gasteiger charge is 2.24. The summed E-state index contributed by atoms with van der Waals surface area (Å²) >= 11 is 0. The number of benzene rings is 1. The number of hydrogen-bond donors (Lipinski definition) is 2. The molecule has 0 aliphatic heterocycles. The Kier molecular flexibility index (Phi) is 7.18. The quantitative estimate of drug-likeness (QED) is 0.842. The number of ether oxygens (including phenoxy) is 1. The van der Waals surface area contributed by atoms with Gasteiger partial charge in [-0.15, -0.1) is 0 Å². The molecule has 0 saturated carbocycles.